The predicted molar refractivity (Wildman–Crippen MR) is 121 cm³/mol. The second-order valence-electron chi connectivity index (χ2n) is 8.42. The van der Waals surface area contributed by atoms with Gasteiger partial charge in [-0.05, 0) is 52.3 Å². The molecule has 0 saturated carbocycles. The number of guanidine groups is 1. The van der Waals surface area contributed by atoms with Crippen LogP contribution in [-0.2, 0) is 12.6 Å². The highest BCUT2D eigenvalue weighted by Crippen LogP contribution is 2.25. The average molecular weight is 413 g/mol. The SMILES string of the molecule is CCNC(=NCC(C)(O)c1cnn(C)c1)NCC(c1ccc(C)cc1)N1CCCC1. The van der Waals surface area contributed by atoms with Crippen molar-refractivity contribution in [2.75, 3.05) is 32.7 Å². The van der Waals surface area contributed by atoms with Gasteiger partial charge in [0, 0.05) is 31.9 Å². The van der Waals surface area contributed by atoms with Gasteiger partial charge in [-0.1, -0.05) is 29.8 Å². The highest BCUT2D eigenvalue weighted by atomic mass is 16.3. The summed E-state index contributed by atoms with van der Waals surface area (Å²) in [5.74, 6) is 0.720. The maximum atomic E-state index is 10.8. The van der Waals surface area contributed by atoms with E-state index in [2.05, 4.69) is 56.8 Å². The van der Waals surface area contributed by atoms with Crippen LogP contribution in [-0.4, -0.2) is 58.5 Å². The van der Waals surface area contributed by atoms with Gasteiger partial charge in [0.15, 0.2) is 5.96 Å². The molecule has 1 fully saturated rings. The topological polar surface area (TPSA) is 77.7 Å². The van der Waals surface area contributed by atoms with Gasteiger partial charge in [-0.3, -0.25) is 9.58 Å². The van der Waals surface area contributed by atoms with Crippen LogP contribution in [0.2, 0.25) is 0 Å². The minimum absolute atomic E-state index is 0.257. The number of aromatic nitrogens is 2. The van der Waals surface area contributed by atoms with Gasteiger partial charge in [0.05, 0.1) is 18.8 Å². The number of nitrogens with one attached hydrogen (secondary N) is 2. The zero-order valence-corrected chi connectivity index (χ0v) is 18.7. The Morgan fingerprint density at radius 2 is 1.93 bits per heavy atom. The van der Waals surface area contributed by atoms with Crippen molar-refractivity contribution in [3.05, 3.63) is 53.3 Å². The fourth-order valence-corrected chi connectivity index (χ4v) is 3.86. The number of hydrogen-bond donors (Lipinski definition) is 3. The molecule has 0 radical (unpaired) electrons. The Labute approximate surface area is 180 Å². The van der Waals surface area contributed by atoms with E-state index in [1.165, 1.54) is 24.0 Å². The van der Waals surface area contributed by atoms with E-state index < -0.39 is 5.60 Å². The molecule has 7 nitrogen and oxygen atoms in total. The summed E-state index contributed by atoms with van der Waals surface area (Å²) in [5, 5.41) is 21.8. The summed E-state index contributed by atoms with van der Waals surface area (Å²) < 4.78 is 1.69. The molecule has 2 heterocycles. The van der Waals surface area contributed by atoms with Gasteiger partial charge in [-0.15, -0.1) is 0 Å². The molecule has 0 amide bonds. The normalized spacial score (nSPS) is 18.2. The minimum atomic E-state index is -1.07. The van der Waals surface area contributed by atoms with Gasteiger partial charge in [-0.25, -0.2) is 4.99 Å². The van der Waals surface area contributed by atoms with Gasteiger partial charge in [-0.2, -0.15) is 5.10 Å². The van der Waals surface area contributed by atoms with E-state index in [1.54, 1.807) is 17.8 Å². The molecule has 1 aromatic carbocycles. The fourth-order valence-electron chi connectivity index (χ4n) is 3.86. The lowest BCUT2D eigenvalue weighted by molar-refractivity contribution is 0.0671. The third-order valence-corrected chi connectivity index (χ3v) is 5.72. The third-order valence-electron chi connectivity index (χ3n) is 5.72. The molecule has 30 heavy (non-hydrogen) atoms. The third kappa shape index (κ3) is 5.83. The first kappa shape index (κ1) is 22.3. The van der Waals surface area contributed by atoms with Crippen LogP contribution in [0, 0.1) is 6.92 Å². The molecule has 3 N–H and O–H groups in total. The monoisotopic (exact) mass is 412 g/mol. The molecule has 1 aliphatic heterocycles. The molecular formula is C23H36N6O. The van der Waals surface area contributed by atoms with E-state index in [9.17, 15) is 5.11 Å². The van der Waals surface area contributed by atoms with Crippen LogP contribution in [0.5, 0.6) is 0 Å². The van der Waals surface area contributed by atoms with Gasteiger partial charge in [0.1, 0.15) is 5.60 Å². The molecule has 2 unspecified atom stereocenters. The molecule has 1 saturated heterocycles. The number of aliphatic hydroxyl groups is 1. The lowest BCUT2D eigenvalue weighted by Gasteiger charge is -2.29. The molecule has 1 aliphatic rings. The number of hydrogen-bond acceptors (Lipinski definition) is 4. The molecule has 2 aromatic rings. The first-order valence-electron chi connectivity index (χ1n) is 10.9. The molecule has 3 rings (SSSR count). The Balaban J connectivity index is 1.70. The summed E-state index contributed by atoms with van der Waals surface area (Å²) in [6.07, 6.45) is 6.03. The maximum absolute atomic E-state index is 10.8. The number of likely N-dealkylation sites (tertiary alicyclic amines) is 1. The summed E-state index contributed by atoms with van der Waals surface area (Å²) >= 11 is 0. The van der Waals surface area contributed by atoms with Crippen LogP contribution in [0.3, 0.4) is 0 Å². The zero-order valence-electron chi connectivity index (χ0n) is 18.7. The minimum Gasteiger partial charge on any atom is -0.383 e. The van der Waals surface area contributed by atoms with Crippen molar-refractivity contribution in [3.8, 4) is 0 Å². The summed E-state index contributed by atoms with van der Waals surface area (Å²) in [6.45, 7) is 9.99. The maximum Gasteiger partial charge on any atom is 0.191 e. The van der Waals surface area contributed by atoms with Crippen molar-refractivity contribution in [3.63, 3.8) is 0 Å². The Morgan fingerprint density at radius 3 is 2.53 bits per heavy atom. The van der Waals surface area contributed by atoms with Crippen molar-refractivity contribution in [1.29, 1.82) is 0 Å². The molecule has 2 atom stereocenters. The lowest BCUT2D eigenvalue weighted by atomic mass is 10.0. The molecule has 7 heteroatoms. The quantitative estimate of drug-likeness (QED) is 0.458. The lowest BCUT2D eigenvalue weighted by Crippen LogP contribution is -2.43. The van der Waals surface area contributed by atoms with Crippen LogP contribution in [0.25, 0.3) is 0 Å². The molecular weight excluding hydrogens is 376 g/mol. The number of benzene rings is 1. The smallest absolute Gasteiger partial charge is 0.191 e. The summed E-state index contributed by atoms with van der Waals surface area (Å²) in [7, 11) is 1.85. The largest absolute Gasteiger partial charge is 0.383 e. The summed E-state index contributed by atoms with van der Waals surface area (Å²) in [4.78, 5) is 7.21. The average Bonchev–Trinajstić information content (AvgIpc) is 3.40. The molecule has 0 spiro atoms. The summed E-state index contributed by atoms with van der Waals surface area (Å²) in [5.41, 5.74) is 2.30. The summed E-state index contributed by atoms with van der Waals surface area (Å²) in [6, 6.07) is 9.14. The standard InChI is InChI=1S/C23H36N6O/c1-5-24-22(26-17-23(3,30)20-14-27-28(4)16-20)25-15-21(29-12-6-7-13-29)19-10-8-18(2)9-11-19/h8-11,14,16,21,30H,5-7,12-13,15,17H2,1-4H3,(H2,24,25,26). The van der Waals surface area contributed by atoms with Gasteiger partial charge < -0.3 is 15.7 Å². The number of aliphatic imine (C=N–C) groups is 1. The van der Waals surface area contributed by atoms with Crippen molar-refractivity contribution < 1.29 is 5.11 Å². The van der Waals surface area contributed by atoms with Crippen molar-refractivity contribution >= 4 is 5.96 Å². The van der Waals surface area contributed by atoms with Gasteiger partial charge in [0.2, 0.25) is 0 Å². The van der Waals surface area contributed by atoms with Crippen LogP contribution in [0.1, 0.15) is 49.4 Å². The number of nitrogens with zero attached hydrogens (tertiary/aromatic N) is 4. The fraction of sp³-hybridized carbons (Fsp3) is 0.565. The van der Waals surface area contributed by atoms with Crippen LogP contribution in [0.15, 0.2) is 41.7 Å². The Morgan fingerprint density at radius 1 is 1.23 bits per heavy atom. The van der Waals surface area contributed by atoms with E-state index in [0.29, 0.717) is 6.04 Å². The number of aryl methyl sites for hydroxylation is 2. The van der Waals surface area contributed by atoms with Crippen LogP contribution >= 0.6 is 0 Å². The Hall–Kier alpha value is -2.38. The first-order valence-corrected chi connectivity index (χ1v) is 10.9. The second kappa shape index (κ2) is 10.1. The van der Waals surface area contributed by atoms with E-state index in [-0.39, 0.29) is 6.54 Å². The van der Waals surface area contributed by atoms with Gasteiger partial charge >= 0.3 is 0 Å². The van der Waals surface area contributed by atoms with Crippen LogP contribution < -0.4 is 10.6 Å². The molecule has 0 bridgehead atoms. The van der Waals surface area contributed by atoms with Crippen molar-refractivity contribution in [1.82, 2.24) is 25.3 Å². The van der Waals surface area contributed by atoms with E-state index in [1.807, 2.05) is 20.2 Å². The molecule has 164 valence electrons. The highest BCUT2D eigenvalue weighted by Gasteiger charge is 2.26. The molecule has 1 aromatic heterocycles. The van der Waals surface area contributed by atoms with Crippen molar-refractivity contribution in [2.45, 2.75) is 45.3 Å². The van der Waals surface area contributed by atoms with Crippen LogP contribution in [0.4, 0.5) is 0 Å². The van der Waals surface area contributed by atoms with E-state index >= 15 is 0 Å². The second-order valence-corrected chi connectivity index (χ2v) is 8.42. The first-order chi connectivity index (χ1) is 14.4. The van der Waals surface area contributed by atoms with E-state index in [4.69, 9.17) is 0 Å². The Kier molecular flexibility index (Phi) is 7.50. The Bertz CT molecular complexity index is 820. The highest BCUT2D eigenvalue weighted by molar-refractivity contribution is 5.79. The van der Waals surface area contributed by atoms with Crippen molar-refractivity contribution in [2.24, 2.45) is 12.0 Å². The van der Waals surface area contributed by atoms with E-state index in [0.717, 1.165) is 37.7 Å². The zero-order chi connectivity index (χ0) is 21.6. The molecule has 0 aliphatic carbocycles. The predicted octanol–water partition coefficient (Wildman–Crippen LogP) is 2.33. The number of rotatable bonds is 8. The van der Waals surface area contributed by atoms with Gasteiger partial charge in [0.25, 0.3) is 0 Å².